The number of aromatic nitrogens is 1. The van der Waals surface area contributed by atoms with E-state index >= 15 is 0 Å². The molecule has 0 spiro atoms. The van der Waals surface area contributed by atoms with Crippen molar-refractivity contribution in [3.05, 3.63) is 60.1 Å². The Balaban J connectivity index is 2.11. The van der Waals surface area contributed by atoms with E-state index in [0.29, 0.717) is 17.0 Å². The van der Waals surface area contributed by atoms with Gasteiger partial charge in [-0.05, 0) is 18.2 Å². The molecule has 0 fully saturated rings. The van der Waals surface area contributed by atoms with Crippen LogP contribution < -0.4 is 4.74 Å². The molecule has 1 unspecified atom stereocenters. The number of fused-ring (bicyclic) bond motifs is 1. The fourth-order valence-corrected chi connectivity index (χ4v) is 2.14. The normalized spacial score (nSPS) is 12.5. The van der Waals surface area contributed by atoms with Gasteiger partial charge in [0, 0.05) is 17.1 Å². The van der Waals surface area contributed by atoms with Crippen LogP contribution in [0.15, 0.2) is 53.3 Å². The Labute approximate surface area is 110 Å². The van der Waals surface area contributed by atoms with Gasteiger partial charge in [-0.3, -0.25) is 4.98 Å². The number of rotatable bonds is 3. The average Bonchev–Trinajstić information content (AvgIpc) is 2.90. The summed E-state index contributed by atoms with van der Waals surface area (Å²) >= 11 is 0. The van der Waals surface area contributed by atoms with Gasteiger partial charge in [0.2, 0.25) is 0 Å². The Morgan fingerprint density at radius 1 is 1.21 bits per heavy atom. The maximum atomic E-state index is 10.5. The van der Waals surface area contributed by atoms with Crippen LogP contribution in [-0.2, 0) is 0 Å². The van der Waals surface area contributed by atoms with Gasteiger partial charge in [0.15, 0.2) is 0 Å². The Morgan fingerprint density at radius 3 is 2.89 bits per heavy atom. The van der Waals surface area contributed by atoms with Crippen molar-refractivity contribution in [1.29, 1.82) is 0 Å². The molecule has 0 aliphatic carbocycles. The molecule has 2 aromatic heterocycles. The van der Waals surface area contributed by atoms with Gasteiger partial charge in [-0.1, -0.05) is 18.2 Å². The number of ether oxygens (including phenoxy) is 1. The lowest BCUT2D eigenvalue weighted by molar-refractivity contribution is 0.209. The summed E-state index contributed by atoms with van der Waals surface area (Å²) in [7, 11) is 1.56. The van der Waals surface area contributed by atoms with Crippen LogP contribution >= 0.6 is 0 Å². The summed E-state index contributed by atoms with van der Waals surface area (Å²) in [6.07, 6.45) is 2.31. The first-order chi connectivity index (χ1) is 9.31. The summed E-state index contributed by atoms with van der Waals surface area (Å²) in [5, 5.41) is 11.4. The first-order valence-corrected chi connectivity index (χ1v) is 5.94. The van der Waals surface area contributed by atoms with E-state index in [4.69, 9.17) is 9.15 Å². The van der Waals surface area contributed by atoms with Gasteiger partial charge in [-0.25, -0.2) is 0 Å². The molecule has 4 heteroatoms. The number of aliphatic hydroxyl groups excluding tert-OH is 1. The fraction of sp³-hybridized carbons (Fsp3) is 0.133. The molecule has 0 aliphatic rings. The standard InChI is InChI=1S/C15H13NO3/c1-18-13-7-4-8-16-14(13)15(17)11-9-19-12-6-3-2-5-10(11)12/h2-9,15,17H,1H3. The van der Waals surface area contributed by atoms with E-state index in [2.05, 4.69) is 4.98 Å². The summed E-state index contributed by atoms with van der Waals surface area (Å²) in [4.78, 5) is 4.20. The highest BCUT2D eigenvalue weighted by Crippen LogP contribution is 2.33. The second-order valence-corrected chi connectivity index (χ2v) is 4.18. The first kappa shape index (κ1) is 11.7. The summed E-state index contributed by atoms with van der Waals surface area (Å²) in [5.41, 5.74) is 1.91. The highest BCUT2D eigenvalue weighted by molar-refractivity contribution is 5.81. The lowest BCUT2D eigenvalue weighted by atomic mass is 10.0. The molecule has 0 aliphatic heterocycles. The van der Waals surface area contributed by atoms with Crippen LogP contribution in [0.5, 0.6) is 5.75 Å². The van der Waals surface area contributed by atoms with Crippen molar-refractivity contribution in [2.75, 3.05) is 7.11 Å². The third kappa shape index (κ3) is 1.96. The van der Waals surface area contributed by atoms with Crippen LogP contribution in [-0.4, -0.2) is 17.2 Å². The number of furan rings is 1. The number of hydrogen-bond donors (Lipinski definition) is 1. The Hall–Kier alpha value is -2.33. The van der Waals surface area contributed by atoms with Gasteiger partial charge < -0.3 is 14.3 Å². The molecule has 2 heterocycles. The SMILES string of the molecule is COc1cccnc1C(O)c1coc2ccccc12. The van der Waals surface area contributed by atoms with Gasteiger partial charge in [-0.15, -0.1) is 0 Å². The van der Waals surface area contributed by atoms with E-state index in [0.717, 1.165) is 11.0 Å². The number of para-hydroxylation sites is 1. The summed E-state index contributed by atoms with van der Waals surface area (Å²) in [6, 6.07) is 11.1. The molecule has 1 N–H and O–H groups in total. The zero-order chi connectivity index (χ0) is 13.2. The lowest BCUT2D eigenvalue weighted by Crippen LogP contribution is -2.04. The Kier molecular flexibility index (Phi) is 2.93. The molecule has 0 amide bonds. The molecule has 0 bridgehead atoms. The molecule has 0 radical (unpaired) electrons. The highest BCUT2D eigenvalue weighted by Gasteiger charge is 2.20. The third-order valence-electron chi connectivity index (χ3n) is 3.08. The van der Waals surface area contributed by atoms with Gasteiger partial charge in [-0.2, -0.15) is 0 Å². The summed E-state index contributed by atoms with van der Waals surface area (Å²) in [5.74, 6) is 0.556. The second-order valence-electron chi connectivity index (χ2n) is 4.18. The zero-order valence-electron chi connectivity index (χ0n) is 10.4. The Morgan fingerprint density at radius 2 is 2.05 bits per heavy atom. The number of methoxy groups -OCH3 is 1. The van der Waals surface area contributed by atoms with Crippen LogP contribution in [0.25, 0.3) is 11.0 Å². The zero-order valence-corrected chi connectivity index (χ0v) is 10.4. The predicted octanol–water partition coefficient (Wildman–Crippen LogP) is 2.92. The van der Waals surface area contributed by atoms with E-state index in [-0.39, 0.29) is 0 Å². The van der Waals surface area contributed by atoms with Crippen molar-refractivity contribution in [3.8, 4) is 5.75 Å². The smallest absolute Gasteiger partial charge is 0.143 e. The van der Waals surface area contributed by atoms with E-state index in [1.54, 1.807) is 31.7 Å². The molecular weight excluding hydrogens is 242 g/mol. The minimum absolute atomic E-state index is 0.483. The monoisotopic (exact) mass is 255 g/mol. The van der Waals surface area contributed by atoms with Crippen molar-refractivity contribution in [3.63, 3.8) is 0 Å². The molecule has 4 nitrogen and oxygen atoms in total. The van der Waals surface area contributed by atoms with E-state index in [9.17, 15) is 5.11 Å². The average molecular weight is 255 g/mol. The van der Waals surface area contributed by atoms with Crippen molar-refractivity contribution in [1.82, 2.24) is 4.98 Å². The van der Waals surface area contributed by atoms with Gasteiger partial charge >= 0.3 is 0 Å². The minimum atomic E-state index is -0.875. The van der Waals surface area contributed by atoms with Crippen molar-refractivity contribution in [2.24, 2.45) is 0 Å². The van der Waals surface area contributed by atoms with E-state index in [1.165, 1.54) is 0 Å². The molecule has 96 valence electrons. The maximum Gasteiger partial charge on any atom is 0.143 e. The number of nitrogens with zero attached hydrogens (tertiary/aromatic N) is 1. The van der Waals surface area contributed by atoms with Gasteiger partial charge in [0.1, 0.15) is 23.1 Å². The topological polar surface area (TPSA) is 55.5 Å². The largest absolute Gasteiger partial charge is 0.495 e. The van der Waals surface area contributed by atoms with Gasteiger partial charge in [0.25, 0.3) is 0 Å². The first-order valence-electron chi connectivity index (χ1n) is 5.94. The van der Waals surface area contributed by atoms with Crippen LogP contribution in [0.2, 0.25) is 0 Å². The molecule has 3 rings (SSSR count). The highest BCUT2D eigenvalue weighted by atomic mass is 16.5. The van der Waals surface area contributed by atoms with E-state index in [1.807, 2.05) is 24.3 Å². The molecule has 3 aromatic rings. The molecule has 0 saturated heterocycles. The van der Waals surface area contributed by atoms with Crippen molar-refractivity contribution in [2.45, 2.75) is 6.10 Å². The van der Waals surface area contributed by atoms with Crippen LogP contribution in [0, 0.1) is 0 Å². The van der Waals surface area contributed by atoms with Crippen molar-refractivity contribution >= 4 is 11.0 Å². The maximum absolute atomic E-state index is 10.5. The molecule has 1 aromatic carbocycles. The summed E-state index contributed by atoms with van der Waals surface area (Å²) in [6.45, 7) is 0. The lowest BCUT2D eigenvalue weighted by Gasteiger charge is -2.12. The minimum Gasteiger partial charge on any atom is -0.495 e. The van der Waals surface area contributed by atoms with Crippen LogP contribution in [0.4, 0.5) is 0 Å². The number of hydrogen-bond acceptors (Lipinski definition) is 4. The number of pyridine rings is 1. The number of aliphatic hydroxyl groups is 1. The van der Waals surface area contributed by atoms with Crippen LogP contribution in [0.3, 0.4) is 0 Å². The third-order valence-corrected chi connectivity index (χ3v) is 3.08. The molecule has 19 heavy (non-hydrogen) atoms. The fourth-order valence-electron chi connectivity index (χ4n) is 2.14. The van der Waals surface area contributed by atoms with E-state index < -0.39 is 6.10 Å². The molecule has 0 saturated carbocycles. The Bertz CT molecular complexity index is 705. The summed E-state index contributed by atoms with van der Waals surface area (Å²) < 4.78 is 10.7. The van der Waals surface area contributed by atoms with Crippen molar-refractivity contribution < 1.29 is 14.3 Å². The van der Waals surface area contributed by atoms with Gasteiger partial charge in [0.05, 0.1) is 13.4 Å². The number of benzene rings is 1. The predicted molar refractivity (Wildman–Crippen MR) is 71.1 cm³/mol. The quantitative estimate of drug-likeness (QED) is 0.781. The molecular formula is C15H13NO3. The molecule has 1 atom stereocenters. The second kappa shape index (κ2) is 4.74. The van der Waals surface area contributed by atoms with Crippen LogP contribution in [0.1, 0.15) is 17.4 Å².